The number of likely N-dealkylation sites (N-methyl/N-ethyl adjacent to an activating group) is 4. The van der Waals surface area contributed by atoms with Crippen LogP contribution in [0.5, 0.6) is 0 Å². The van der Waals surface area contributed by atoms with Crippen molar-refractivity contribution in [2.75, 3.05) is 41.3 Å². The minimum absolute atomic E-state index is 0.00496. The van der Waals surface area contributed by atoms with Crippen LogP contribution in [0.25, 0.3) is 0 Å². The number of benzene rings is 2. The van der Waals surface area contributed by atoms with Gasteiger partial charge in [-0.3, -0.25) is 38.4 Å². The van der Waals surface area contributed by atoms with Crippen LogP contribution < -0.4 is 16.0 Å². The highest BCUT2D eigenvalue weighted by Crippen LogP contribution is 2.26. The summed E-state index contributed by atoms with van der Waals surface area (Å²) in [6, 6.07) is 7.75. The van der Waals surface area contributed by atoms with Gasteiger partial charge in [-0.25, -0.2) is 4.79 Å². The van der Waals surface area contributed by atoms with E-state index in [1.165, 1.54) is 65.7 Å². The van der Waals surface area contributed by atoms with Crippen LogP contribution in [0.1, 0.15) is 106 Å². The Balaban J connectivity index is 1.87. The minimum Gasteiger partial charge on any atom is -0.450 e. The Kier molecular flexibility index (Phi) is 22.8. The first-order valence-corrected chi connectivity index (χ1v) is 27.6. The fraction of sp³-hybridized carbons (Fsp3) is 0.625. The Labute approximate surface area is 463 Å². The summed E-state index contributed by atoms with van der Waals surface area (Å²) in [4.78, 5) is 137. The lowest BCUT2D eigenvalue weighted by Gasteiger charge is -2.39. The van der Waals surface area contributed by atoms with Crippen molar-refractivity contribution >= 4 is 75.8 Å². The molecule has 0 radical (unpaired) electrons. The van der Waals surface area contributed by atoms with Crippen LogP contribution in [0.15, 0.2) is 54.6 Å². The Hall–Kier alpha value is -5.64. The number of rotatable bonds is 11. The SMILES string of the molecule is CCC(C)C1NC(=O)C2CCN(C2)C(=O)C(Cc2ccc(I)cc2)N(C)C(=O)C(Cc2ccccc2)NC(=O)[C@H](C)N(C)C(=O)[C@@H](C(C)CC)OC(=O)C(C(C)(C)O)N(C)C(=O)C(CC(C)C)NC(=O)[C@H](C)N(C)C1=O. The number of halogens is 1. The Morgan fingerprint density at radius 1 is 0.645 bits per heavy atom. The summed E-state index contributed by atoms with van der Waals surface area (Å²) < 4.78 is 6.95. The van der Waals surface area contributed by atoms with E-state index in [1.807, 2.05) is 51.1 Å². The molecule has 2 aliphatic rings. The predicted octanol–water partition coefficient (Wildman–Crippen LogP) is 3.56. The lowest BCUT2D eigenvalue weighted by Crippen LogP contribution is -2.62. The van der Waals surface area contributed by atoms with E-state index in [4.69, 9.17) is 4.74 Å². The fourth-order valence-corrected chi connectivity index (χ4v) is 9.92. The van der Waals surface area contributed by atoms with Gasteiger partial charge in [-0.05, 0) is 105 Å². The smallest absolute Gasteiger partial charge is 0.332 e. The average Bonchev–Trinajstić information content (AvgIpc) is 3.89. The number of nitrogens with one attached hydrogen (secondary N) is 3. The number of amides is 8. The monoisotopic (exact) mass is 1170 g/mol. The van der Waals surface area contributed by atoms with Gasteiger partial charge in [0.2, 0.25) is 41.4 Å². The lowest BCUT2D eigenvalue weighted by atomic mass is 9.94. The Morgan fingerprint density at radius 2 is 1.17 bits per heavy atom. The van der Waals surface area contributed by atoms with E-state index >= 15 is 4.79 Å². The third-order valence-corrected chi connectivity index (χ3v) is 15.9. The zero-order valence-electron chi connectivity index (χ0n) is 46.9. The van der Waals surface area contributed by atoms with Crippen molar-refractivity contribution in [1.82, 2.24) is 40.4 Å². The van der Waals surface area contributed by atoms with Crippen LogP contribution in [0.3, 0.4) is 0 Å². The summed E-state index contributed by atoms with van der Waals surface area (Å²) in [5.74, 6) is -8.01. The maximum atomic E-state index is 15.0. The number of carbonyl (C=O) groups is 9. The summed E-state index contributed by atoms with van der Waals surface area (Å²) in [5, 5.41) is 20.1. The van der Waals surface area contributed by atoms with Crippen molar-refractivity contribution in [3.63, 3.8) is 0 Å². The second-order valence-corrected chi connectivity index (χ2v) is 23.1. The van der Waals surface area contributed by atoms with Crippen molar-refractivity contribution in [2.24, 2.45) is 23.7 Å². The number of ether oxygens (including phenoxy) is 1. The van der Waals surface area contributed by atoms with Gasteiger partial charge in [0.15, 0.2) is 12.1 Å². The first-order valence-electron chi connectivity index (χ1n) is 26.5. The highest BCUT2D eigenvalue weighted by Gasteiger charge is 2.46. The molecular formula is C56H83IN8O11. The molecule has 2 aromatic rings. The molecule has 4 N–H and O–H groups in total. The Morgan fingerprint density at radius 3 is 1.71 bits per heavy atom. The summed E-state index contributed by atoms with van der Waals surface area (Å²) >= 11 is 2.18. The molecule has 20 heteroatoms. The van der Waals surface area contributed by atoms with E-state index in [0.717, 1.165) is 18.9 Å². The summed E-state index contributed by atoms with van der Waals surface area (Å²) in [5.41, 5.74) is -0.497. The minimum atomic E-state index is -1.96. The number of nitrogens with zero attached hydrogens (tertiary/aromatic N) is 5. The molecule has 2 saturated heterocycles. The molecule has 8 amide bonds. The molecule has 2 aliphatic heterocycles. The topological polar surface area (TPSA) is 235 Å². The molecule has 0 saturated carbocycles. The van der Waals surface area contributed by atoms with Gasteiger partial charge < -0.3 is 50.3 Å². The molecule has 11 atom stereocenters. The van der Waals surface area contributed by atoms with Crippen molar-refractivity contribution in [1.29, 1.82) is 0 Å². The standard InChI is InChI=1S/C56H83IN8O11/c1-15-33(5)44-53(72)61(11)35(7)47(66)58-41(28-32(3)4)51(70)64(14)46(56(9,10)75)55(74)76-45(34(6)16-2)54(73)62(12)36(8)48(67)59-42(29-37-20-18-17-19-21-37)50(69)63(13)43(30-38-22-24-40(57)25-23-38)52(71)65-27-26-39(31-65)49(68)60-44/h17-25,32-36,39,41-46,75H,15-16,26-31H2,1-14H3,(H,58,66)(H,59,67)(H,60,68)/t33?,34?,35-,36-,39?,41?,42?,43?,44?,45+,46?/m0/s1. The largest absolute Gasteiger partial charge is 0.450 e. The second kappa shape index (κ2) is 27.6. The molecule has 0 aromatic heterocycles. The quantitative estimate of drug-likeness (QED) is 0.188. The number of hydrogen-bond donors (Lipinski definition) is 4. The van der Waals surface area contributed by atoms with Gasteiger partial charge >= 0.3 is 5.97 Å². The number of aliphatic hydroxyl groups is 1. The number of carbonyl (C=O) groups excluding carboxylic acids is 9. The summed E-state index contributed by atoms with van der Waals surface area (Å²) in [6.45, 7) is 16.6. The van der Waals surface area contributed by atoms with Crippen LogP contribution in [0.2, 0.25) is 0 Å². The van der Waals surface area contributed by atoms with Gasteiger partial charge in [0.1, 0.15) is 36.3 Å². The van der Waals surface area contributed by atoms with Gasteiger partial charge in [0, 0.05) is 63.6 Å². The zero-order valence-corrected chi connectivity index (χ0v) is 49.1. The van der Waals surface area contributed by atoms with Crippen LogP contribution >= 0.6 is 22.6 Å². The van der Waals surface area contributed by atoms with E-state index < -0.39 is 125 Å². The molecule has 19 nitrogen and oxygen atoms in total. The Bertz CT molecular complexity index is 2380. The van der Waals surface area contributed by atoms with Gasteiger partial charge in [-0.1, -0.05) is 90.4 Å². The van der Waals surface area contributed by atoms with E-state index in [9.17, 15) is 43.5 Å². The number of esters is 1. The van der Waals surface area contributed by atoms with Gasteiger partial charge in [-0.15, -0.1) is 0 Å². The molecule has 0 aliphatic carbocycles. The first kappa shape index (κ1) is 62.9. The van der Waals surface area contributed by atoms with E-state index in [-0.39, 0.29) is 44.7 Å². The van der Waals surface area contributed by atoms with E-state index in [2.05, 4.69) is 38.5 Å². The molecule has 2 aromatic carbocycles. The van der Waals surface area contributed by atoms with Gasteiger partial charge in [0.05, 0.1) is 11.5 Å². The molecule has 4 rings (SSSR count). The third-order valence-electron chi connectivity index (χ3n) is 15.2. The van der Waals surface area contributed by atoms with Crippen molar-refractivity contribution in [3.8, 4) is 0 Å². The summed E-state index contributed by atoms with van der Waals surface area (Å²) in [6.07, 6.45) is -0.216. The first-order chi connectivity index (χ1) is 35.5. The molecule has 76 heavy (non-hydrogen) atoms. The number of fused-ring (bicyclic) bond motifs is 2. The highest BCUT2D eigenvalue weighted by atomic mass is 127. The third kappa shape index (κ3) is 16.0. The molecule has 2 heterocycles. The normalized spacial score (nSPS) is 26.9. The molecular weight excluding hydrogens is 1090 g/mol. The van der Waals surface area contributed by atoms with Crippen molar-refractivity contribution in [2.45, 2.75) is 162 Å². The summed E-state index contributed by atoms with van der Waals surface area (Å²) in [7, 11) is 5.59. The van der Waals surface area contributed by atoms with E-state index in [0.29, 0.717) is 18.4 Å². The van der Waals surface area contributed by atoms with Crippen LogP contribution in [0, 0.1) is 27.2 Å². The van der Waals surface area contributed by atoms with E-state index in [1.54, 1.807) is 49.9 Å². The van der Waals surface area contributed by atoms with Crippen LogP contribution in [0.4, 0.5) is 0 Å². The maximum Gasteiger partial charge on any atom is 0.332 e. The van der Waals surface area contributed by atoms with Gasteiger partial charge in [-0.2, -0.15) is 0 Å². The second-order valence-electron chi connectivity index (χ2n) is 21.9. The molecule has 2 bridgehead atoms. The molecule has 2 fully saturated rings. The lowest BCUT2D eigenvalue weighted by molar-refractivity contribution is -0.177. The van der Waals surface area contributed by atoms with Crippen molar-refractivity contribution in [3.05, 3.63) is 69.3 Å². The van der Waals surface area contributed by atoms with Crippen LogP contribution in [-0.4, -0.2) is 178 Å². The molecule has 8 unspecified atom stereocenters. The highest BCUT2D eigenvalue weighted by molar-refractivity contribution is 14.1. The predicted molar refractivity (Wildman–Crippen MR) is 296 cm³/mol. The zero-order chi connectivity index (χ0) is 57.1. The fourth-order valence-electron chi connectivity index (χ4n) is 9.56. The van der Waals surface area contributed by atoms with Crippen molar-refractivity contribution < 1.29 is 53.0 Å². The average molecular weight is 1170 g/mol. The van der Waals surface area contributed by atoms with Crippen LogP contribution in [-0.2, 0) is 60.7 Å². The number of cyclic esters (lactones) is 1. The van der Waals surface area contributed by atoms with Gasteiger partial charge in [0.25, 0.3) is 5.91 Å². The number of hydrogen-bond acceptors (Lipinski definition) is 11. The molecule has 420 valence electrons. The maximum absolute atomic E-state index is 15.0. The molecule has 0 spiro atoms.